The normalized spacial score (nSPS) is 15.1. The van der Waals surface area contributed by atoms with Gasteiger partial charge < -0.3 is 10.4 Å². The third kappa shape index (κ3) is 6.37. The predicted octanol–water partition coefficient (Wildman–Crippen LogP) is 4.56. The predicted molar refractivity (Wildman–Crippen MR) is 127 cm³/mol. The van der Waals surface area contributed by atoms with Crippen LogP contribution in [0.5, 0.6) is 0 Å². The number of aromatic carboxylic acids is 1. The second-order valence-electron chi connectivity index (χ2n) is 6.66. The number of nitrogens with zero attached hydrogens (tertiary/aromatic N) is 1. The Morgan fingerprint density at radius 3 is 2.48 bits per heavy atom. The van der Waals surface area contributed by atoms with E-state index in [2.05, 4.69) is 5.32 Å². The van der Waals surface area contributed by atoms with E-state index < -0.39 is 5.97 Å². The van der Waals surface area contributed by atoms with Crippen LogP contribution in [0.25, 0.3) is 6.08 Å². The van der Waals surface area contributed by atoms with Crippen LogP contribution in [0.2, 0.25) is 0 Å². The number of thioether (sulfide) groups is 1. The minimum atomic E-state index is -1.02. The van der Waals surface area contributed by atoms with Gasteiger partial charge in [-0.15, -0.1) is 0 Å². The zero-order valence-electron chi connectivity index (χ0n) is 16.5. The summed E-state index contributed by atoms with van der Waals surface area (Å²) in [6, 6.07) is 15.7. The van der Waals surface area contributed by atoms with Gasteiger partial charge in [-0.05, 0) is 42.3 Å². The van der Waals surface area contributed by atoms with E-state index in [1.54, 1.807) is 6.08 Å². The van der Waals surface area contributed by atoms with Crippen LogP contribution in [-0.4, -0.2) is 38.7 Å². The standard InChI is InChI=1S/C23H20N2O4S2/c26-20(24-18-13-11-17(12-14-18)22(28)29)10-5-15-25-21(27)19(31-23(25)30)9-4-8-16-6-2-1-3-7-16/h1-4,6-9,11-14H,5,10,15H2,(H,24,26)(H,28,29). The quantitative estimate of drug-likeness (QED) is 0.451. The van der Waals surface area contributed by atoms with Crippen LogP contribution in [-0.2, 0) is 9.59 Å². The van der Waals surface area contributed by atoms with Crippen molar-refractivity contribution in [2.24, 2.45) is 0 Å². The minimum absolute atomic E-state index is 0.152. The highest BCUT2D eigenvalue weighted by atomic mass is 32.2. The Balaban J connectivity index is 1.47. The molecule has 31 heavy (non-hydrogen) atoms. The summed E-state index contributed by atoms with van der Waals surface area (Å²) in [4.78, 5) is 37.6. The molecule has 0 aliphatic carbocycles. The first-order chi connectivity index (χ1) is 14.9. The number of carbonyl (C=O) groups excluding carboxylic acids is 2. The molecule has 0 radical (unpaired) electrons. The zero-order valence-corrected chi connectivity index (χ0v) is 18.1. The maximum atomic E-state index is 12.6. The van der Waals surface area contributed by atoms with Gasteiger partial charge in [-0.1, -0.05) is 66.5 Å². The van der Waals surface area contributed by atoms with E-state index in [1.807, 2.05) is 42.5 Å². The van der Waals surface area contributed by atoms with Gasteiger partial charge in [0.15, 0.2) is 0 Å². The summed E-state index contributed by atoms with van der Waals surface area (Å²) in [6.45, 7) is 0.357. The topological polar surface area (TPSA) is 86.7 Å². The van der Waals surface area contributed by atoms with Crippen molar-refractivity contribution in [2.45, 2.75) is 12.8 Å². The monoisotopic (exact) mass is 452 g/mol. The molecule has 0 spiro atoms. The van der Waals surface area contributed by atoms with Crippen molar-refractivity contribution < 1.29 is 19.5 Å². The van der Waals surface area contributed by atoms with Crippen molar-refractivity contribution in [3.63, 3.8) is 0 Å². The molecule has 6 nitrogen and oxygen atoms in total. The number of allylic oxidation sites excluding steroid dienone is 2. The van der Waals surface area contributed by atoms with Gasteiger partial charge in [0.2, 0.25) is 5.91 Å². The number of hydrogen-bond acceptors (Lipinski definition) is 5. The Kier molecular flexibility index (Phi) is 7.75. The van der Waals surface area contributed by atoms with Crippen molar-refractivity contribution in [1.82, 2.24) is 4.90 Å². The third-order valence-electron chi connectivity index (χ3n) is 4.41. The molecule has 2 aromatic carbocycles. The largest absolute Gasteiger partial charge is 0.478 e. The molecule has 1 fully saturated rings. The average Bonchev–Trinajstić information content (AvgIpc) is 3.02. The first kappa shape index (κ1) is 22.5. The third-order valence-corrected chi connectivity index (χ3v) is 5.81. The van der Waals surface area contributed by atoms with E-state index in [0.717, 1.165) is 5.56 Å². The second kappa shape index (κ2) is 10.7. The molecule has 8 heteroatoms. The molecule has 1 aliphatic heterocycles. The number of rotatable bonds is 8. The Morgan fingerprint density at radius 1 is 1.10 bits per heavy atom. The molecular formula is C23H20N2O4S2. The van der Waals surface area contributed by atoms with Crippen LogP contribution in [0.1, 0.15) is 28.8 Å². The molecular weight excluding hydrogens is 432 g/mol. The molecule has 0 aromatic heterocycles. The van der Waals surface area contributed by atoms with Crippen LogP contribution in [0, 0.1) is 0 Å². The molecule has 1 aliphatic rings. The minimum Gasteiger partial charge on any atom is -0.478 e. The van der Waals surface area contributed by atoms with Gasteiger partial charge in [-0.3, -0.25) is 14.5 Å². The lowest BCUT2D eigenvalue weighted by atomic mass is 10.2. The highest BCUT2D eigenvalue weighted by molar-refractivity contribution is 8.26. The van der Waals surface area contributed by atoms with E-state index in [0.29, 0.717) is 27.9 Å². The maximum absolute atomic E-state index is 12.6. The molecule has 0 atom stereocenters. The summed E-state index contributed by atoms with van der Waals surface area (Å²) in [7, 11) is 0. The number of anilines is 1. The fraction of sp³-hybridized carbons (Fsp3) is 0.130. The van der Waals surface area contributed by atoms with Crippen LogP contribution < -0.4 is 5.32 Å². The van der Waals surface area contributed by atoms with Crippen LogP contribution in [0.3, 0.4) is 0 Å². The lowest BCUT2D eigenvalue weighted by Crippen LogP contribution is -2.29. The SMILES string of the molecule is O=C(CCCN1C(=O)C(=CC=Cc2ccccc2)SC1=S)Nc1ccc(C(=O)O)cc1. The first-order valence-corrected chi connectivity index (χ1v) is 10.8. The fourth-order valence-electron chi connectivity index (χ4n) is 2.84. The van der Waals surface area contributed by atoms with Gasteiger partial charge in [0.05, 0.1) is 10.5 Å². The van der Waals surface area contributed by atoms with Gasteiger partial charge in [0.25, 0.3) is 5.91 Å². The average molecular weight is 453 g/mol. The number of hydrogen-bond donors (Lipinski definition) is 2. The van der Waals surface area contributed by atoms with Crippen molar-refractivity contribution in [3.8, 4) is 0 Å². The van der Waals surface area contributed by atoms with Crippen molar-refractivity contribution in [1.29, 1.82) is 0 Å². The summed E-state index contributed by atoms with van der Waals surface area (Å²) in [5.41, 5.74) is 1.71. The maximum Gasteiger partial charge on any atom is 0.335 e. The molecule has 158 valence electrons. The van der Waals surface area contributed by atoms with Gasteiger partial charge in [0, 0.05) is 18.7 Å². The van der Waals surface area contributed by atoms with E-state index in [-0.39, 0.29) is 23.8 Å². The van der Waals surface area contributed by atoms with E-state index in [9.17, 15) is 14.4 Å². The number of carboxylic acid groups (broad SMARTS) is 1. The molecule has 0 bridgehead atoms. The summed E-state index contributed by atoms with van der Waals surface area (Å²) in [6.07, 6.45) is 6.16. The number of carbonyl (C=O) groups is 3. The zero-order chi connectivity index (χ0) is 22.2. The van der Waals surface area contributed by atoms with Gasteiger partial charge >= 0.3 is 5.97 Å². The number of carboxylic acids is 1. The summed E-state index contributed by atoms with van der Waals surface area (Å²) < 4.78 is 0.481. The molecule has 3 rings (SSSR count). The highest BCUT2D eigenvalue weighted by Crippen LogP contribution is 2.31. The Bertz CT molecular complexity index is 1050. The van der Waals surface area contributed by atoms with E-state index in [4.69, 9.17) is 17.3 Å². The highest BCUT2D eigenvalue weighted by Gasteiger charge is 2.31. The number of amides is 2. The van der Waals surface area contributed by atoms with Gasteiger partial charge in [-0.25, -0.2) is 4.79 Å². The van der Waals surface area contributed by atoms with Gasteiger partial charge in [0.1, 0.15) is 4.32 Å². The summed E-state index contributed by atoms with van der Waals surface area (Å²) in [5, 5.41) is 11.6. The Morgan fingerprint density at radius 2 is 1.81 bits per heavy atom. The van der Waals surface area contributed by atoms with E-state index >= 15 is 0 Å². The smallest absolute Gasteiger partial charge is 0.335 e. The van der Waals surface area contributed by atoms with E-state index in [1.165, 1.54) is 40.9 Å². The summed E-state index contributed by atoms with van der Waals surface area (Å²) >= 11 is 6.56. The first-order valence-electron chi connectivity index (χ1n) is 9.54. The molecule has 2 amide bonds. The molecule has 1 saturated heterocycles. The fourth-order valence-corrected chi connectivity index (χ4v) is 4.10. The number of benzene rings is 2. The Hall–Kier alpha value is -3.23. The lowest BCUT2D eigenvalue weighted by molar-refractivity contribution is -0.122. The van der Waals surface area contributed by atoms with Crippen molar-refractivity contribution in [3.05, 3.63) is 82.8 Å². The van der Waals surface area contributed by atoms with Gasteiger partial charge in [-0.2, -0.15) is 0 Å². The molecule has 2 N–H and O–H groups in total. The van der Waals surface area contributed by atoms with Crippen LogP contribution >= 0.6 is 24.0 Å². The molecule has 2 aromatic rings. The van der Waals surface area contributed by atoms with Crippen LogP contribution in [0.4, 0.5) is 5.69 Å². The van der Waals surface area contributed by atoms with Crippen molar-refractivity contribution in [2.75, 3.05) is 11.9 Å². The molecule has 0 saturated carbocycles. The van der Waals surface area contributed by atoms with Crippen molar-refractivity contribution >= 4 is 57.8 Å². The molecule has 0 unspecified atom stereocenters. The molecule has 1 heterocycles. The van der Waals surface area contributed by atoms with Crippen LogP contribution in [0.15, 0.2) is 71.7 Å². The summed E-state index contributed by atoms with van der Waals surface area (Å²) in [5.74, 6) is -1.39. The number of thiocarbonyl (C=S) groups is 1. The Labute approximate surface area is 189 Å². The second-order valence-corrected chi connectivity index (χ2v) is 8.34. The number of nitrogens with one attached hydrogen (secondary N) is 1. The lowest BCUT2D eigenvalue weighted by Gasteiger charge is -2.14.